The zero-order valence-electron chi connectivity index (χ0n) is 13.8. The second-order valence-corrected chi connectivity index (χ2v) is 9.00. The number of thiazole rings is 1. The summed E-state index contributed by atoms with van der Waals surface area (Å²) in [7, 11) is -3.07. The third-order valence-electron chi connectivity index (χ3n) is 4.14. The molecule has 10 heteroatoms. The highest BCUT2D eigenvalue weighted by molar-refractivity contribution is 7.91. The maximum atomic E-state index is 12.3. The number of hydrogen-bond acceptors (Lipinski definition) is 7. The SMILES string of the molecule is CCN(C(=O)COC(=O)Cc1cn2ccsc2n1)[C@@H]1CCS(=O)(=O)C1. The summed E-state index contributed by atoms with van der Waals surface area (Å²) in [5, 5.41) is 1.89. The number of imidazole rings is 1. The van der Waals surface area contributed by atoms with Crippen molar-refractivity contribution in [1.29, 1.82) is 0 Å². The lowest BCUT2D eigenvalue weighted by molar-refractivity contribution is -0.152. The molecule has 25 heavy (non-hydrogen) atoms. The van der Waals surface area contributed by atoms with Crippen molar-refractivity contribution in [3.05, 3.63) is 23.5 Å². The fraction of sp³-hybridized carbons (Fsp3) is 0.533. The van der Waals surface area contributed by atoms with Crippen LogP contribution in [0.5, 0.6) is 0 Å². The molecular formula is C15H19N3O5S2. The summed E-state index contributed by atoms with van der Waals surface area (Å²) in [6.07, 6.45) is 4.02. The van der Waals surface area contributed by atoms with Gasteiger partial charge in [-0.25, -0.2) is 13.4 Å². The molecule has 1 aliphatic rings. The van der Waals surface area contributed by atoms with E-state index in [-0.39, 0.29) is 36.5 Å². The lowest BCUT2D eigenvalue weighted by atomic mass is 10.2. The predicted molar refractivity (Wildman–Crippen MR) is 92.2 cm³/mol. The van der Waals surface area contributed by atoms with E-state index in [0.717, 1.165) is 4.96 Å². The summed E-state index contributed by atoms with van der Waals surface area (Å²) in [5.74, 6) is -0.831. The molecular weight excluding hydrogens is 366 g/mol. The standard InChI is InChI=1S/C15H19N3O5S2/c1-2-18(12-3-6-25(21,22)10-12)13(19)9-23-14(20)7-11-8-17-4-5-24-15(17)16-11/h4-5,8,12H,2-3,6-7,9-10H2,1H3/t12-/m1/s1. The molecule has 0 aromatic carbocycles. The van der Waals surface area contributed by atoms with Gasteiger partial charge in [-0.05, 0) is 13.3 Å². The van der Waals surface area contributed by atoms with Crippen LogP contribution in [0.25, 0.3) is 4.96 Å². The number of aromatic nitrogens is 2. The van der Waals surface area contributed by atoms with E-state index in [1.165, 1.54) is 16.2 Å². The summed E-state index contributed by atoms with van der Waals surface area (Å²) in [4.78, 5) is 30.7. The van der Waals surface area contributed by atoms with Crippen LogP contribution in [0.1, 0.15) is 19.0 Å². The summed E-state index contributed by atoms with van der Waals surface area (Å²) in [6, 6.07) is -0.332. The molecule has 136 valence electrons. The van der Waals surface area contributed by atoms with Gasteiger partial charge in [-0.15, -0.1) is 11.3 Å². The average Bonchev–Trinajstić information content (AvgIpc) is 3.21. The van der Waals surface area contributed by atoms with Gasteiger partial charge in [0.25, 0.3) is 5.91 Å². The fourth-order valence-electron chi connectivity index (χ4n) is 2.94. The maximum Gasteiger partial charge on any atom is 0.312 e. The lowest BCUT2D eigenvalue weighted by Crippen LogP contribution is -2.43. The van der Waals surface area contributed by atoms with Gasteiger partial charge in [0.1, 0.15) is 0 Å². The van der Waals surface area contributed by atoms with Crippen LogP contribution in [0.2, 0.25) is 0 Å². The van der Waals surface area contributed by atoms with Gasteiger partial charge in [0.15, 0.2) is 21.4 Å². The number of sulfone groups is 1. The Kier molecular flexibility index (Phi) is 5.09. The Labute approximate surface area is 149 Å². The van der Waals surface area contributed by atoms with Crippen LogP contribution in [-0.4, -0.2) is 65.3 Å². The van der Waals surface area contributed by atoms with Gasteiger partial charge < -0.3 is 9.64 Å². The molecule has 3 rings (SSSR count). The van der Waals surface area contributed by atoms with Gasteiger partial charge in [0.05, 0.1) is 23.6 Å². The smallest absolute Gasteiger partial charge is 0.312 e. The number of carbonyl (C=O) groups is 2. The number of hydrogen-bond donors (Lipinski definition) is 0. The van der Waals surface area contributed by atoms with Crippen molar-refractivity contribution in [2.45, 2.75) is 25.8 Å². The normalized spacial score (nSPS) is 19.2. The van der Waals surface area contributed by atoms with E-state index in [1.807, 2.05) is 16.0 Å². The quantitative estimate of drug-likeness (QED) is 0.672. The Morgan fingerprint density at radius 3 is 2.92 bits per heavy atom. The zero-order valence-corrected chi connectivity index (χ0v) is 15.4. The van der Waals surface area contributed by atoms with Crippen LogP contribution in [0.4, 0.5) is 0 Å². The average molecular weight is 385 g/mol. The van der Waals surface area contributed by atoms with Crippen LogP contribution in [0, 0.1) is 0 Å². The van der Waals surface area contributed by atoms with Crippen molar-refractivity contribution in [3.63, 3.8) is 0 Å². The fourth-order valence-corrected chi connectivity index (χ4v) is 5.39. The summed E-state index contributed by atoms with van der Waals surface area (Å²) in [5.41, 5.74) is 0.582. The van der Waals surface area contributed by atoms with Crippen molar-refractivity contribution < 1.29 is 22.7 Å². The summed E-state index contributed by atoms with van der Waals surface area (Å²) in [6.45, 7) is 1.78. The second kappa shape index (κ2) is 7.12. The van der Waals surface area contributed by atoms with Crippen LogP contribution in [-0.2, 0) is 30.6 Å². The van der Waals surface area contributed by atoms with Gasteiger partial charge in [-0.2, -0.15) is 0 Å². The minimum atomic E-state index is -3.07. The highest BCUT2D eigenvalue weighted by atomic mass is 32.2. The maximum absolute atomic E-state index is 12.3. The van der Waals surface area contributed by atoms with Crippen molar-refractivity contribution in [1.82, 2.24) is 14.3 Å². The summed E-state index contributed by atoms with van der Waals surface area (Å²) >= 11 is 1.46. The first kappa shape index (κ1) is 17.9. The molecule has 1 amide bonds. The van der Waals surface area contributed by atoms with E-state index in [1.54, 1.807) is 13.1 Å². The van der Waals surface area contributed by atoms with Crippen LogP contribution < -0.4 is 0 Å². The van der Waals surface area contributed by atoms with E-state index in [4.69, 9.17) is 4.74 Å². The van der Waals surface area contributed by atoms with Gasteiger partial charge in [0, 0.05) is 30.4 Å². The Balaban J connectivity index is 1.51. The Morgan fingerprint density at radius 2 is 2.28 bits per heavy atom. The Bertz CT molecular complexity index is 858. The monoisotopic (exact) mass is 385 g/mol. The molecule has 1 atom stereocenters. The molecule has 8 nitrogen and oxygen atoms in total. The van der Waals surface area contributed by atoms with E-state index in [2.05, 4.69) is 4.98 Å². The molecule has 0 bridgehead atoms. The predicted octanol–water partition coefficient (Wildman–Crippen LogP) is 0.517. The number of nitrogens with zero attached hydrogens (tertiary/aromatic N) is 3. The molecule has 0 spiro atoms. The largest absolute Gasteiger partial charge is 0.455 e. The first-order valence-corrected chi connectivity index (χ1v) is 10.6. The Morgan fingerprint density at radius 1 is 1.48 bits per heavy atom. The first-order chi connectivity index (χ1) is 11.9. The van der Waals surface area contributed by atoms with Crippen molar-refractivity contribution in [2.75, 3.05) is 24.7 Å². The number of likely N-dealkylation sites (N-methyl/N-ethyl adjacent to an activating group) is 1. The van der Waals surface area contributed by atoms with Crippen molar-refractivity contribution in [2.24, 2.45) is 0 Å². The molecule has 0 N–H and O–H groups in total. The molecule has 3 heterocycles. The van der Waals surface area contributed by atoms with Crippen molar-refractivity contribution in [3.8, 4) is 0 Å². The van der Waals surface area contributed by atoms with Crippen LogP contribution >= 0.6 is 11.3 Å². The molecule has 2 aromatic heterocycles. The molecule has 1 saturated heterocycles. The van der Waals surface area contributed by atoms with E-state index in [0.29, 0.717) is 18.7 Å². The number of amides is 1. The van der Waals surface area contributed by atoms with Crippen molar-refractivity contribution >= 4 is 38.0 Å². The van der Waals surface area contributed by atoms with E-state index >= 15 is 0 Å². The molecule has 0 aliphatic carbocycles. The van der Waals surface area contributed by atoms with Crippen LogP contribution in [0.15, 0.2) is 17.8 Å². The topological polar surface area (TPSA) is 98.0 Å². The summed E-state index contributed by atoms with van der Waals surface area (Å²) < 4.78 is 30.0. The third-order valence-corrected chi connectivity index (χ3v) is 6.66. The Hall–Kier alpha value is -1.94. The number of esters is 1. The minimum Gasteiger partial charge on any atom is -0.455 e. The molecule has 0 unspecified atom stereocenters. The highest BCUT2D eigenvalue weighted by Crippen LogP contribution is 2.18. The first-order valence-electron chi connectivity index (χ1n) is 7.94. The van der Waals surface area contributed by atoms with Gasteiger partial charge >= 0.3 is 5.97 Å². The molecule has 2 aromatic rings. The molecule has 1 aliphatic heterocycles. The second-order valence-electron chi connectivity index (χ2n) is 5.90. The number of carbonyl (C=O) groups excluding carboxylic acids is 2. The van der Waals surface area contributed by atoms with Gasteiger partial charge in [0.2, 0.25) is 0 Å². The highest BCUT2D eigenvalue weighted by Gasteiger charge is 2.34. The van der Waals surface area contributed by atoms with Crippen LogP contribution in [0.3, 0.4) is 0 Å². The number of fused-ring (bicyclic) bond motifs is 1. The molecule has 0 saturated carbocycles. The zero-order chi connectivity index (χ0) is 18.0. The number of rotatable bonds is 6. The number of ether oxygens (including phenoxy) is 1. The molecule has 0 radical (unpaired) electrons. The van der Waals surface area contributed by atoms with Gasteiger partial charge in [-0.3, -0.25) is 14.0 Å². The third kappa shape index (κ3) is 4.18. The van der Waals surface area contributed by atoms with Gasteiger partial charge in [-0.1, -0.05) is 0 Å². The molecule has 1 fully saturated rings. The lowest BCUT2D eigenvalue weighted by Gasteiger charge is -2.26. The van der Waals surface area contributed by atoms with E-state index < -0.39 is 15.8 Å². The minimum absolute atomic E-state index is 0.00832. The van der Waals surface area contributed by atoms with E-state index in [9.17, 15) is 18.0 Å².